The Kier molecular flexibility index (Phi) is 4.20. The van der Waals surface area contributed by atoms with Gasteiger partial charge in [-0.1, -0.05) is 0 Å². The lowest BCUT2D eigenvalue weighted by molar-refractivity contribution is -0.129. The molecule has 0 spiro atoms. The number of hydrogen-bond donors (Lipinski definition) is 0. The fourth-order valence-electron chi connectivity index (χ4n) is 2.89. The zero-order valence-electron chi connectivity index (χ0n) is 13.2. The molecular formula is C16H20N4OS. The predicted octanol–water partition coefficient (Wildman–Crippen LogP) is 2.42. The van der Waals surface area contributed by atoms with Crippen LogP contribution in [0.4, 0.5) is 0 Å². The number of aryl methyl sites for hydroxylation is 3. The molecular weight excluding hydrogens is 296 g/mol. The summed E-state index contributed by atoms with van der Waals surface area (Å²) in [6.45, 7) is 7.43. The van der Waals surface area contributed by atoms with Gasteiger partial charge in [-0.15, -0.1) is 11.3 Å². The molecule has 1 atom stereocenters. The van der Waals surface area contributed by atoms with E-state index < -0.39 is 0 Å². The Hall–Kier alpha value is -1.82. The zero-order chi connectivity index (χ0) is 15.7. The quantitative estimate of drug-likeness (QED) is 0.872. The van der Waals surface area contributed by atoms with Crippen molar-refractivity contribution in [1.29, 1.82) is 0 Å². The van der Waals surface area contributed by atoms with Crippen LogP contribution < -0.4 is 0 Å². The zero-order valence-corrected chi connectivity index (χ0v) is 14.0. The van der Waals surface area contributed by atoms with E-state index in [1.807, 2.05) is 37.1 Å². The van der Waals surface area contributed by atoms with Crippen molar-refractivity contribution in [1.82, 2.24) is 19.9 Å². The van der Waals surface area contributed by atoms with Crippen LogP contribution in [0.2, 0.25) is 0 Å². The molecule has 3 heterocycles. The lowest BCUT2D eigenvalue weighted by atomic mass is 10.1. The Balaban J connectivity index is 1.65. The van der Waals surface area contributed by atoms with Crippen LogP contribution >= 0.6 is 11.3 Å². The molecule has 1 amide bonds. The van der Waals surface area contributed by atoms with Crippen molar-refractivity contribution in [2.24, 2.45) is 0 Å². The Morgan fingerprint density at radius 2 is 2.00 bits per heavy atom. The standard InChI is InChI=1S/C16H20N4OS/c1-10-6-11(2)18-16(17-10)13-4-5-20(8-13)15(21)7-14-9-22-12(3)19-14/h6,9,13H,4-5,7-8H2,1-3H3/t13-/m1/s1. The van der Waals surface area contributed by atoms with Crippen LogP contribution in [0.3, 0.4) is 0 Å². The van der Waals surface area contributed by atoms with Gasteiger partial charge in [0.25, 0.3) is 0 Å². The van der Waals surface area contributed by atoms with E-state index in [0.717, 1.165) is 40.9 Å². The first kappa shape index (κ1) is 15.1. The Morgan fingerprint density at radius 3 is 2.64 bits per heavy atom. The number of amides is 1. The number of likely N-dealkylation sites (tertiary alicyclic amines) is 1. The molecule has 0 aromatic carbocycles. The molecule has 0 N–H and O–H groups in total. The molecule has 0 radical (unpaired) electrons. The summed E-state index contributed by atoms with van der Waals surface area (Å²) in [6.07, 6.45) is 1.33. The molecule has 1 saturated heterocycles. The molecule has 1 fully saturated rings. The van der Waals surface area contributed by atoms with Crippen LogP contribution in [0.25, 0.3) is 0 Å². The van der Waals surface area contributed by atoms with Crippen molar-refractivity contribution in [3.05, 3.63) is 39.4 Å². The third-order valence-electron chi connectivity index (χ3n) is 3.90. The van der Waals surface area contributed by atoms with Crippen molar-refractivity contribution in [2.75, 3.05) is 13.1 Å². The van der Waals surface area contributed by atoms with Crippen molar-refractivity contribution < 1.29 is 4.79 Å². The number of hydrogen-bond acceptors (Lipinski definition) is 5. The highest BCUT2D eigenvalue weighted by Crippen LogP contribution is 2.25. The van der Waals surface area contributed by atoms with Crippen molar-refractivity contribution in [2.45, 2.75) is 39.5 Å². The monoisotopic (exact) mass is 316 g/mol. The predicted molar refractivity (Wildman–Crippen MR) is 86.0 cm³/mol. The molecule has 116 valence electrons. The first-order chi connectivity index (χ1) is 10.5. The van der Waals surface area contributed by atoms with Gasteiger partial charge in [-0.05, 0) is 33.3 Å². The smallest absolute Gasteiger partial charge is 0.228 e. The van der Waals surface area contributed by atoms with Gasteiger partial charge in [0.05, 0.1) is 17.1 Å². The SMILES string of the molecule is Cc1cc(C)nc([C@@H]2CCN(C(=O)Cc3csc(C)n3)C2)n1. The highest BCUT2D eigenvalue weighted by molar-refractivity contribution is 7.09. The van der Waals surface area contributed by atoms with Crippen LogP contribution in [0.5, 0.6) is 0 Å². The molecule has 0 bridgehead atoms. The van der Waals surface area contributed by atoms with Crippen LogP contribution in [-0.4, -0.2) is 38.8 Å². The third-order valence-corrected chi connectivity index (χ3v) is 4.73. The minimum atomic E-state index is 0.150. The summed E-state index contributed by atoms with van der Waals surface area (Å²) in [5.74, 6) is 1.27. The maximum Gasteiger partial charge on any atom is 0.228 e. The van der Waals surface area contributed by atoms with Gasteiger partial charge in [-0.2, -0.15) is 0 Å². The summed E-state index contributed by atoms with van der Waals surface area (Å²) in [5, 5.41) is 2.97. The normalized spacial score (nSPS) is 18.0. The van der Waals surface area contributed by atoms with E-state index in [0.29, 0.717) is 13.0 Å². The maximum absolute atomic E-state index is 12.4. The summed E-state index contributed by atoms with van der Waals surface area (Å²) in [6, 6.07) is 1.98. The van der Waals surface area contributed by atoms with Crippen LogP contribution in [0.1, 0.15) is 40.3 Å². The summed E-state index contributed by atoms with van der Waals surface area (Å²) in [7, 11) is 0. The Morgan fingerprint density at radius 1 is 1.27 bits per heavy atom. The lowest BCUT2D eigenvalue weighted by Gasteiger charge is -2.16. The Labute approximate surface area is 134 Å². The average Bonchev–Trinajstić information content (AvgIpc) is 3.07. The fourth-order valence-corrected chi connectivity index (χ4v) is 3.50. The van der Waals surface area contributed by atoms with Crippen LogP contribution in [-0.2, 0) is 11.2 Å². The molecule has 5 nitrogen and oxygen atoms in total. The first-order valence-corrected chi connectivity index (χ1v) is 8.40. The van der Waals surface area contributed by atoms with E-state index in [4.69, 9.17) is 0 Å². The minimum Gasteiger partial charge on any atom is -0.342 e. The van der Waals surface area contributed by atoms with E-state index in [2.05, 4.69) is 15.0 Å². The highest BCUT2D eigenvalue weighted by atomic mass is 32.1. The van der Waals surface area contributed by atoms with Crippen molar-refractivity contribution in [3.63, 3.8) is 0 Å². The van der Waals surface area contributed by atoms with E-state index in [-0.39, 0.29) is 11.8 Å². The number of carbonyl (C=O) groups excluding carboxylic acids is 1. The number of carbonyl (C=O) groups is 1. The summed E-state index contributed by atoms with van der Waals surface area (Å²) < 4.78 is 0. The van der Waals surface area contributed by atoms with Gasteiger partial charge in [-0.3, -0.25) is 4.79 Å². The van der Waals surface area contributed by atoms with Crippen molar-refractivity contribution >= 4 is 17.2 Å². The summed E-state index contributed by atoms with van der Waals surface area (Å²) in [5.41, 5.74) is 2.86. The van der Waals surface area contributed by atoms with E-state index in [1.54, 1.807) is 11.3 Å². The van der Waals surface area contributed by atoms with E-state index >= 15 is 0 Å². The maximum atomic E-state index is 12.4. The van der Waals surface area contributed by atoms with Gasteiger partial charge < -0.3 is 4.90 Å². The second-order valence-electron chi connectivity index (χ2n) is 5.87. The number of thiazole rings is 1. The lowest BCUT2D eigenvalue weighted by Crippen LogP contribution is -2.30. The van der Waals surface area contributed by atoms with Gasteiger partial charge in [0.1, 0.15) is 5.82 Å². The molecule has 0 aliphatic carbocycles. The molecule has 6 heteroatoms. The van der Waals surface area contributed by atoms with Gasteiger partial charge in [0.2, 0.25) is 5.91 Å². The molecule has 2 aromatic heterocycles. The second kappa shape index (κ2) is 6.12. The van der Waals surface area contributed by atoms with Gasteiger partial charge >= 0.3 is 0 Å². The van der Waals surface area contributed by atoms with Crippen LogP contribution in [0, 0.1) is 20.8 Å². The third kappa shape index (κ3) is 3.32. The minimum absolute atomic E-state index is 0.150. The van der Waals surface area contributed by atoms with E-state index in [9.17, 15) is 4.79 Å². The largest absolute Gasteiger partial charge is 0.342 e. The fraction of sp³-hybridized carbons (Fsp3) is 0.500. The Bertz CT molecular complexity index is 677. The molecule has 0 unspecified atom stereocenters. The molecule has 3 rings (SSSR count). The number of rotatable bonds is 3. The second-order valence-corrected chi connectivity index (χ2v) is 6.93. The molecule has 1 aliphatic heterocycles. The molecule has 1 aliphatic rings. The topological polar surface area (TPSA) is 59.0 Å². The number of nitrogens with zero attached hydrogens (tertiary/aromatic N) is 4. The van der Waals surface area contributed by atoms with Crippen LogP contribution in [0.15, 0.2) is 11.4 Å². The summed E-state index contributed by atoms with van der Waals surface area (Å²) in [4.78, 5) is 27.7. The first-order valence-electron chi connectivity index (χ1n) is 7.52. The molecule has 0 saturated carbocycles. The molecule has 22 heavy (non-hydrogen) atoms. The summed E-state index contributed by atoms with van der Waals surface area (Å²) >= 11 is 1.59. The average molecular weight is 316 g/mol. The molecule has 2 aromatic rings. The van der Waals surface area contributed by atoms with Gasteiger partial charge in [0.15, 0.2) is 0 Å². The number of aromatic nitrogens is 3. The van der Waals surface area contributed by atoms with Gasteiger partial charge in [0, 0.05) is 35.8 Å². The van der Waals surface area contributed by atoms with E-state index in [1.165, 1.54) is 0 Å². The van der Waals surface area contributed by atoms with Gasteiger partial charge in [-0.25, -0.2) is 15.0 Å². The van der Waals surface area contributed by atoms with Crippen molar-refractivity contribution in [3.8, 4) is 0 Å². The highest BCUT2D eigenvalue weighted by Gasteiger charge is 2.29.